The number of carbonyl (C=O) groups is 1. The van der Waals surface area contributed by atoms with Gasteiger partial charge in [0.2, 0.25) is 5.95 Å². The Morgan fingerprint density at radius 2 is 2.39 bits per heavy atom. The SMILES string of the molecule is CCOC(=O)c1ccnc(NCc2ccco2)n1. The van der Waals surface area contributed by atoms with Gasteiger partial charge in [-0.25, -0.2) is 14.8 Å². The van der Waals surface area contributed by atoms with E-state index in [2.05, 4.69) is 15.3 Å². The third kappa shape index (κ3) is 3.07. The van der Waals surface area contributed by atoms with E-state index >= 15 is 0 Å². The normalized spacial score (nSPS) is 10.1. The summed E-state index contributed by atoms with van der Waals surface area (Å²) in [5, 5.41) is 2.96. The van der Waals surface area contributed by atoms with Crippen LogP contribution in [0.2, 0.25) is 0 Å². The molecule has 0 atom stereocenters. The lowest BCUT2D eigenvalue weighted by atomic mass is 10.4. The Morgan fingerprint density at radius 1 is 1.50 bits per heavy atom. The van der Waals surface area contributed by atoms with E-state index in [1.807, 2.05) is 6.07 Å². The third-order valence-corrected chi connectivity index (χ3v) is 2.14. The van der Waals surface area contributed by atoms with Crippen LogP contribution in [-0.2, 0) is 11.3 Å². The standard InChI is InChI=1S/C12H13N3O3/c1-2-17-11(16)10-5-6-13-12(15-10)14-8-9-4-3-7-18-9/h3-7H,2,8H2,1H3,(H,13,14,15). The molecule has 18 heavy (non-hydrogen) atoms. The minimum absolute atomic E-state index is 0.230. The van der Waals surface area contributed by atoms with Crippen molar-refractivity contribution in [3.63, 3.8) is 0 Å². The van der Waals surface area contributed by atoms with Gasteiger partial charge in [-0.05, 0) is 25.1 Å². The fourth-order valence-electron chi connectivity index (χ4n) is 1.34. The van der Waals surface area contributed by atoms with Crippen LogP contribution >= 0.6 is 0 Å². The Kier molecular flexibility index (Phi) is 3.90. The lowest BCUT2D eigenvalue weighted by Gasteiger charge is -2.04. The quantitative estimate of drug-likeness (QED) is 0.812. The van der Waals surface area contributed by atoms with Crippen molar-refractivity contribution in [2.24, 2.45) is 0 Å². The molecule has 2 aromatic heterocycles. The zero-order valence-corrected chi connectivity index (χ0v) is 9.92. The monoisotopic (exact) mass is 247 g/mol. The van der Waals surface area contributed by atoms with Gasteiger partial charge in [-0.2, -0.15) is 0 Å². The number of carbonyl (C=O) groups excluding carboxylic acids is 1. The molecule has 0 bridgehead atoms. The largest absolute Gasteiger partial charge is 0.467 e. The zero-order chi connectivity index (χ0) is 12.8. The smallest absolute Gasteiger partial charge is 0.357 e. The van der Waals surface area contributed by atoms with Crippen LogP contribution in [0.25, 0.3) is 0 Å². The summed E-state index contributed by atoms with van der Waals surface area (Å²) in [5.41, 5.74) is 0.230. The lowest BCUT2D eigenvalue weighted by molar-refractivity contribution is 0.0519. The number of ether oxygens (including phenoxy) is 1. The molecular formula is C12H13N3O3. The first-order valence-corrected chi connectivity index (χ1v) is 5.56. The molecule has 6 nitrogen and oxygen atoms in total. The number of furan rings is 1. The Labute approximate surface area is 104 Å². The summed E-state index contributed by atoms with van der Waals surface area (Å²) in [6, 6.07) is 5.14. The van der Waals surface area contributed by atoms with E-state index in [0.717, 1.165) is 5.76 Å². The number of aromatic nitrogens is 2. The fraction of sp³-hybridized carbons (Fsp3) is 0.250. The minimum atomic E-state index is -0.457. The molecule has 6 heteroatoms. The average molecular weight is 247 g/mol. The van der Waals surface area contributed by atoms with E-state index < -0.39 is 5.97 Å². The van der Waals surface area contributed by atoms with Crippen molar-refractivity contribution < 1.29 is 13.9 Å². The fourth-order valence-corrected chi connectivity index (χ4v) is 1.34. The summed E-state index contributed by atoms with van der Waals surface area (Å²) >= 11 is 0. The molecule has 2 heterocycles. The molecule has 2 aromatic rings. The lowest BCUT2D eigenvalue weighted by Crippen LogP contribution is -2.10. The Hall–Kier alpha value is -2.37. The van der Waals surface area contributed by atoms with E-state index in [1.54, 1.807) is 19.3 Å². The second-order valence-corrected chi connectivity index (χ2v) is 3.42. The highest BCUT2D eigenvalue weighted by Crippen LogP contribution is 2.06. The summed E-state index contributed by atoms with van der Waals surface area (Å²) in [5.74, 6) is 0.665. The van der Waals surface area contributed by atoms with Crippen molar-refractivity contribution in [3.05, 3.63) is 42.1 Å². The van der Waals surface area contributed by atoms with Crippen LogP contribution in [0.15, 0.2) is 35.1 Å². The number of anilines is 1. The van der Waals surface area contributed by atoms with Gasteiger partial charge in [0.25, 0.3) is 0 Å². The van der Waals surface area contributed by atoms with E-state index in [9.17, 15) is 4.79 Å². The van der Waals surface area contributed by atoms with Gasteiger partial charge in [0.15, 0.2) is 5.69 Å². The number of hydrogen-bond acceptors (Lipinski definition) is 6. The summed E-state index contributed by atoms with van der Waals surface area (Å²) in [4.78, 5) is 19.5. The van der Waals surface area contributed by atoms with Gasteiger partial charge in [-0.15, -0.1) is 0 Å². The predicted molar refractivity (Wildman–Crippen MR) is 64.0 cm³/mol. The van der Waals surface area contributed by atoms with Crippen molar-refractivity contribution >= 4 is 11.9 Å². The van der Waals surface area contributed by atoms with E-state index in [0.29, 0.717) is 19.1 Å². The molecule has 0 fully saturated rings. The molecule has 0 saturated heterocycles. The highest BCUT2D eigenvalue weighted by molar-refractivity contribution is 5.87. The second-order valence-electron chi connectivity index (χ2n) is 3.42. The number of esters is 1. The molecule has 2 rings (SSSR count). The molecule has 0 unspecified atom stereocenters. The van der Waals surface area contributed by atoms with E-state index in [1.165, 1.54) is 12.3 Å². The zero-order valence-electron chi connectivity index (χ0n) is 9.92. The van der Waals surface area contributed by atoms with Gasteiger partial charge < -0.3 is 14.5 Å². The van der Waals surface area contributed by atoms with E-state index in [-0.39, 0.29) is 5.69 Å². The maximum Gasteiger partial charge on any atom is 0.357 e. The van der Waals surface area contributed by atoms with Crippen LogP contribution in [0.4, 0.5) is 5.95 Å². The maximum absolute atomic E-state index is 11.5. The number of nitrogens with zero attached hydrogens (tertiary/aromatic N) is 2. The Balaban J connectivity index is 2.01. The van der Waals surface area contributed by atoms with Crippen LogP contribution < -0.4 is 5.32 Å². The first-order valence-electron chi connectivity index (χ1n) is 5.56. The van der Waals surface area contributed by atoms with Crippen LogP contribution in [0, 0.1) is 0 Å². The maximum atomic E-state index is 11.5. The molecule has 94 valence electrons. The van der Waals surface area contributed by atoms with Crippen molar-refractivity contribution in [2.45, 2.75) is 13.5 Å². The third-order valence-electron chi connectivity index (χ3n) is 2.14. The molecule has 0 aliphatic heterocycles. The first kappa shape index (κ1) is 12.1. The highest BCUT2D eigenvalue weighted by Gasteiger charge is 2.09. The van der Waals surface area contributed by atoms with Crippen molar-refractivity contribution in [1.29, 1.82) is 0 Å². The van der Waals surface area contributed by atoms with Gasteiger partial charge in [0, 0.05) is 6.20 Å². The Morgan fingerprint density at radius 3 is 3.11 bits per heavy atom. The van der Waals surface area contributed by atoms with E-state index in [4.69, 9.17) is 9.15 Å². The average Bonchev–Trinajstić information content (AvgIpc) is 2.90. The molecule has 0 saturated carbocycles. The second kappa shape index (κ2) is 5.81. The van der Waals surface area contributed by atoms with Gasteiger partial charge in [0.05, 0.1) is 19.4 Å². The van der Waals surface area contributed by atoms with Crippen LogP contribution in [-0.4, -0.2) is 22.5 Å². The van der Waals surface area contributed by atoms with Crippen molar-refractivity contribution in [3.8, 4) is 0 Å². The molecule has 0 aromatic carbocycles. The number of hydrogen-bond donors (Lipinski definition) is 1. The summed E-state index contributed by atoms with van der Waals surface area (Å²) in [7, 11) is 0. The van der Waals surface area contributed by atoms with Crippen LogP contribution in [0.3, 0.4) is 0 Å². The predicted octanol–water partition coefficient (Wildman–Crippen LogP) is 1.86. The molecule has 0 aliphatic rings. The van der Waals surface area contributed by atoms with Gasteiger partial charge in [-0.1, -0.05) is 0 Å². The van der Waals surface area contributed by atoms with Gasteiger partial charge >= 0.3 is 5.97 Å². The highest BCUT2D eigenvalue weighted by atomic mass is 16.5. The molecule has 0 amide bonds. The molecule has 0 radical (unpaired) electrons. The van der Waals surface area contributed by atoms with Crippen molar-refractivity contribution in [2.75, 3.05) is 11.9 Å². The summed E-state index contributed by atoms with van der Waals surface area (Å²) in [6.07, 6.45) is 3.09. The first-order chi connectivity index (χ1) is 8.79. The van der Waals surface area contributed by atoms with Gasteiger partial charge in [0.1, 0.15) is 5.76 Å². The van der Waals surface area contributed by atoms with Crippen LogP contribution in [0.5, 0.6) is 0 Å². The topological polar surface area (TPSA) is 77.2 Å². The summed E-state index contributed by atoms with van der Waals surface area (Å²) < 4.78 is 10.0. The Bertz CT molecular complexity index is 511. The van der Waals surface area contributed by atoms with Gasteiger partial charge in [-0.3, -0.25) is 0 Å². The number of rotatable bonds is 5. The summed E-state index contributed by atoms with van der Waals surface area (Å²) in [6.45, 7) is 2.52. The minimum Gasteiger partial charge on any atom is -0.467 e. The number of nitrogens with one attached hydrogen (secondary N) is 1. The molecular weight excluding hydrogens is 234 g/mol. The molecule has 0 aliphatic carbocycles. The molecule has 0 spiro atoms. The van der Waals surface area contributed by atoms with Crippen molar-refractivity contribution in [1.82, 2.24) is 9.97 Å². The molecule has 1 N–H and O–H groups in total. The van der Waals surface area contributed by atoms with Crippen LogP contribution in [0.1, 0.15) is 23.2 Å².